The molecule has 0 N–H and O–H groups in total. The molecule has 0 aromatic rings. The highest BCUT2D eigenvalue weighted by Gasteiger charge is 2.32. The Morgan fingerprint density at radius 1 is 1.18 bits per heavy atom. The molecule has 0 saturated heterocycles. The molecule has 5 heteroatoms. The molecule has 1 amide bonds. The number of likely N-dealkylation sites (N-methyl/N-ethyl adjacent to an activating group) is 1. The van der Waals surface area contributed by atoms with Crippen molar-refractivity contribution >= 4 is 28.7 Å². The molecule has 0 aliphatic carbocycles. The topological polar surface area (TPSA) is 38.8 Å². The lowest BCUT2D eigenvalue weighted by Crippen LogP contribution is -2.49. The van der Waals surface area contributed by atoms with Gasteiger partial charge in [0.1, 0.15) is 5.60 Å². The monoisotopic (exact) mass is 427 g/mol. The molecule has 0 aliphatic rings. The van der Waals surface area contributed by atoms with Gasteiger partial charge in [-0.05, 0) is 53.9 Å². The van der Waals surface area contributed by atoms with Crippen LogP contribution in [0.15, 0.2) is 0 Å². The van der Waals surface area contributed by atoms with E-state index in [4.69, 9.17) is 9.47 Å². The zero-order chi connectivity index (χ0) is 17.6. The molecule has 0 radical (unpaired) electrons. The first-order valence-corrected chi connectivity index (χ1v) is 9.66. The van der Waals surface area contributed by atoms with Gasteiger partial charge in [-0.3, -0.25) is 0 Å². The number of hydrogen-bond acceptors (Lipinski definition) is 3. The minimum absolute atomic E-state index is 0.178. The van der Waals surface area contributed by atoms with Crippen LogP contribution in [-0.2, 0) is 9.47 Å². The lowest BCUT2D eigenvalue weighted by atomic mass is 10.0. The smallest absolute Gasteiger partial charge is 0.410 e. The summed E-state index contributed by atoms with van der Waals surface area (Å²) in [7, 11) is 0. The van der Waals surface area contributed by atoms with Crippen LogP contribution in [0.3, 0.4) is 0 Å². The van der Waals surface area contributed by atoms with Crippen LogP contribution >= 0.6 is 22.6 Å². The molecule has 2 atom stereocenters. The molecule has 0 heterocycles. The van der Waals surface area contributed by atoms with Crippen molar-refractivity contribution in [2.45, 2.75) is 79.1 Å². The van der Waals surface area contributed by atoms with E-state index in [1.54, 1.807) is 4.90 Å². The Labute approximate surface area is 150 Å². The molecule has 0 aromatic heterocycles. The lowest BCUT2D eigenvalue weighted by Gasteiger charge is -2.37. The van der Waals surface area contributed by atoms with Crippen molar-refractivity contribution < 1.29 is 14.3 Å². The van der Waals surface area contributed by atoms with Crippen molar-refractivity contribution in [3.8, 4) is 0 Å². The Balaban J connectivity index is 4.81. The van der Waals surface area contributed by atoms with E-state index in [1.165, 1.54) is 0 Å². The van der Waals surface area contributed by atoms with E-state index in [0.717, 1.165) is 10.8 Å². The Morgan fingerprint density at radius 3 is 2.09 bits per heavy atom. The van der Waals surface area contributed by atoms with E-state index in [0.29, 0.717) is 19.0 Å². The molecule has 2 unspecified atom stereocenters. The first-order chi connectivity index (χ1) is 9.92. The summed E-state index contributed by atoms with van der Waals surface area (Å²) in [6.45, 7) is 17.4. The predicted molar refractivity (Wildman–Crippen MR) is 101 cm³/mol. The SMILES string of the molecule is CCN(CC(C)(CI)OC(C)CC(C)C)C(=O)OC(C)(C)C. The summed E-state index contributed by atoms with van der Waals surface area (Å²) in [6, 6.07) is 0. The largest absolute Gasteiger partial charge is 0.444 e. The number of ether oxygens (including phenoxy) is 2. The van der Waals surface area contributed by atoms with Crippen molar-refractivity contribution in [3.05, 3.63) is 0 Å². The van der Waals surface area contributed by atoms with Crippen LogP contribution in [0, 0.1) is 5.92 Å². The van der Waals surface area contributed by atoms with Gasteiger partial charge in [-0.15, -0.1) is 0 Å². The van der Waals surface area contributed by atoms with Crippen LogP contribution in [0.1, 0.15) is 61.8 Å². The average molecular weight is 427 g/mol. The Morgan fingerprint density at radius 2 is 1.73 bits per heavy atom. The van der Waals surface area contributed by atoms with Gasteiger partial charge in [-0.2, -0.15) is 0 Å². The lowest BCUT2D eigenvalue weighted by molar-refractivity contribution is -0.0817. The van der Waals surface area contributed by atoms with Gasteiger partial charge in [0.05, 0.1) is 18.2 Å². The van der Waals surface area contributed by atoms with Gasteiger partial charge in [0.25, 0.3) is 0 Å². The molecular weight excluding hydrogens is 393 g/mol. The van der Waals surface area contributed by atoms with Crippen molar-refractivity contribution in [1.82, 2.24) is 4.90 Å². The van der Waals surface area contributed by atoms with E-state index in [9.17, 15) is 4.79 Å². The summed E-state index contributed by atoms with van der Waals surface area (Å²) in [4.78, 5) is 14.0. The van der Waals surface area contributed by atoms with E-state index in [-0.39, 0.29) is 17.8 Å². The molecule has 0 aliphatic heterocycles. The van der Waals surface area contributed by atoms with Gasteiger partial charge in [-0.1, -0.05) is 36.4 Å². The highest BCUT2D eigenvalue weighted by Crippen LogP contribution is 2.22. The molecular formula is C17H34INO3. The first kappa shape index (κ1) is 22.0. The summed E-state index contributed by atoms with van der Waals surface area (Å²) < 4.78 is 12.6. The van der Waals surface area contributed by atoms with Gasteiger partial charge < -0.3 is 14.4 Å². The predicted octanol–water partition coefficient (Wildman–Crippen LogP) is 4.89. The Bertz CT molecular complexity index is 341. The van der Waals surface area contributed by atoms with Crippen LogP contribution in [0.25, 0.3) is 0 Å². The highest BCUT2D eigenvalue weighted by atomic mass is 127. The molecule has 0 fully saturated rings. The second kappa shape index (κ2) is 9.30. The third-order valence-corrected chi connectivity index (χ3v) is 4.74. The fourth-order valence-corrected chi connectivity index (χ4v) is 2.77. The summed E-state index contributed by atoms with van der Waals surface area (Å²) in [5.41, 5.74) is -0.835. The van der Waals surface area contributed by atoms with E-state index >= 15 is 0 Å². The van der Waals surface area contributed by atoms with Gasteiger partial charge in [-0.25, -0.2) is 4.79 Å². The van der Waals surface area contributed by atoms with Gasteiger partial charge in [0, 0.05) is 11.0 Å². The van der Waals surface area contributed by atoms with Gasteiger partial charge in [0.15, 0.2) is 0 Å². The first-order valence-electron chi connectivity index (χ1n) is 8.14. The van der Waals surface area contributed by atoms with Crippen molar-refractivity contribution in [2.24, 2.45) is 5.92 Å². The standard InChI is InChI=1S/C17H34INO3/c1-9-19(15(20)22-16(5,6)7)12-17(8,11-18)21-14(4)10-13(2)3/h13-14H,9-12H2,1-8H3. The summed E-state index contributed by atoms with van der Waals surface area (Å²) in [5, 5.41) is 0. The summed E-state index contributed by atoms with van der Waals surface area (Å²) in [5.74, 6) is 0.599. The fraction of sp³-hybridized carbons (Fsp3) is 0.941. The second-order valence-electron chi connectivity index (χ2n) is 7.64. The van der Waals surface area contributed by atoms with Crippen LogP contribution in [-0.4, -0.2) is 45.8 Å². The van der Waals surface area contributed by atoms with Gasteiger partial charge in [0.2, 0.25) is 0 Å². The van der Waals surface area contributed by atoms with E-state index in [1.807, 2.05) is 27.7 Å². The quantitative estimate of drug-likeness (QED) is 0.409. The number of carbonyl (C=O) groups excluding carboxylic acids is 1. The zero-order valence-corrected chi connectivity index (χ0v) is 17.7. The Hall–Kier alpha value is -0.0400. The minimum atomic E-state index is -0.475. The van der Waals surface area contributed by atoms with Crippen molar-refractivity contribution in [3.63, 3.8) is 0 Å². The number of hydrogen-bond donors (Lipinski definition) is 0. The molecule has 22 heavy (non-hydrogen) atoms. The van der Waals surface area contributed by atoms with Crippen molar-refractivity contribution in [2.75, 3.05) is 17.5 Å². The van der Waals surface area contributed by atoms with E-state index in [2.05, 4.69) is 50.3 Å². The fourth-order valence-electron chi connectivity index (χ4n) is 2.34. The maximum absolute atomic E-state index is 12.3. The number of rotatable bonds is 8. The third-order valence-electron chi connectivity index (χ3n) is 3.13. The highest BCUT2D eigenvalue weighted by molar-refractivity contribution is 14.1. The van der Waals surface area contributed by atoms with E-state index < -0.39 is 5.60 Å². The average Bonchev–Trinajstić information content (AvgIpc) is 2.32. The van der Waals surface area contributed by atoms with Crippen LogP contribution in [0.2, 0.25) is 0 Å². The van der Waals surface area contributed by atoms with Crippen LogP contribution in [0.5, 0.6) is 0 Å². The third kappa shape index (κ3) is 9.18. The number of alkyl halides is 1. The van der Waals surface area contributed by atoms with Crippen molar-refractivity contribution in [1.29, 1.82) is 0 Å². The molecule has 132 valence electrons. The maximum atomic E-state index is 12.3. The number of halogens is 1. The second-order valence-corrected chi connectivity index (χ2v) is 8.40. The normalized spacial score (nSPS) is 16.3. The van der Waals surface area contributed by atoms with Crippen LogP contribution < -0.4 is 0 Å². The minimum Gasteiger partial charge on any atom is -0.444 e. The summed E-state index contributed by atoms with van der Waals surface area (Å²) in [6.07, 6.45) is 0.924. The zero-order valence-electron chi connectivity index (χ0n) is 15.5. The molecule has 0 saturated carbocycles. The Kier molecular flexibility index (Phi) is 9.29. The maximum Gasteiger partial charge on any atom is 0.410 e. The molecule has 0 rings (SSSR count). The molecule has 0 aromatic carbocycles. The van der Waals surface area contributed by atoms with Crippen LogP contribution in [0.4, 0.5) is 4.79 Å². The number of nitrogens with zero attached hydrogens (tertiary/aromatic N) is 1. The number of carbonyl (C=O) groups is 1. The summed E-state index contributed by atoms with van der Waals surface area (Å²) >= 11 is 2.33. The molecule has 0 spiro atoms. The number of amides is 1. The molecule has 0 bridgehead atoms. The molecule has 4 nitrogen and oxygen atoms in total. The van der Waals surface area contributed by atoms with Gasteiger partial charge >= 0.3 is 6.09 Å².